The summed E-state index contributed by atoms with van der Waals surface area (Å²) in [5, 5.41) is 12.2. The van der Waals surface area contributed by atoms with Crippen LogP contribution in [-0.4, -0.2) is 51.9 Å². The highest BCUT2D eigenvalue weighted by molar-refractivity contribution is 7.19. The van der Waals surface area contributed by atoms with Crippen LogP contribution in [0.15, 0.2) is 24.3 Å². The van der Waals surface area contributed by atoms with Gasteiger partial charge in [0.1, 0.15) is 16.5 Å². The lowest BCUT2D eigenvalue weighted by Gasteiger charge is -2.36. The second kappa shape index (κ2) is 9.76. The second-order valence-electron chi connectivity index (χ2n) is 10.2. The van der Waals surface area contributed by atoms with Crippen molar-refractivity contribution in [1.29, 1.82) is 0 Å². The normalized spacial score (nSPS) is 18.9. The Hall–Kier alpha value is -3.07. The van der Waals surface area contributed by atoms with Crippen LogP contribution in [0.5, 0.6) is 0 Å². The van der Waals surface area contributed by atoms with Gasteiger partial charge in [-0.1, -0.05) is 19.3 Å². The predicted octanol–water partition coefficient (Wildman–Crippen LogP) is 5.49. The van der Waals surface area contributed by atoms with Gasteiger partial charge >= 0.3 is 0 Å². The number of aryl methyl sites for hydroxylation is 2. The van der Waals surface area contributed by atoms with Gasteiger partial charge in [0, 0.05) is 54.7 Å². The van der Waals surface area contributed by atoms with E-state index in [1.54, 1.807) is 12.1 Å². The molecule has 3 aromatic rings. The summed E-state index contributed by atoms with van der Waals surface area (Å²) in [6, 6.07) is 5.89. The Morgan fingerprint density at radius 2 is 1.67 bits per heavy atom. The maximum absolute atomic E-state index is 13.1. The number of nitrogens with zero attached hydrogens (tertiary/aromatic N) is 5. The van der Waals surface area contributed by atoms with E-state index in [4.69, 9.17) is 9.97 Å². The van der Waals surface area contributed by atoms with Crippen molar-refractivity contribution in [2.75, 3.05) is 31.1 Å². The molecular formula is C27H31N5O3S. The van der Waals surface area contributed by atoms with Crippen LogP contribution in [0.3, 0.4) is 0 Å². The Morgan fingerprint density at radius 1 is 0.944 bits per heavy atom. The molecule has 1 aliphatic heterocycles. The SMILES string of the molecule is O=C(c1ccc([N+](=O)[O-])cc1)N1CCN(c2nc(C3CCCCC3)nc3sc4c(c23)CCCC4)CC1. The molecule has 188 valence electrons. The lowest BCUT2D eigenvalue weighted by atomic mass is 9.88. The first-order chi connectivity index (χ1) is 17.6. The maximum Gasteiger partial charge on any atom is 0.269 e. The third kappa shape index (κ3) is 4.34. The van der Waals surface area contributed by atoms with E-state index < -0.39 is 4.92 Å². The van der Waals surface area contributed by atoms with Gasteiger partial charge in [-0.05, 0) is 56.2 Å². The van der Waals surface area contributed by atoms with Gasteiger partial charge in [0.15, 0.2) is 0 Å². The van der Waals surface area contributed by atoms with E-state index in [1.807, 2.05) is 16.2 Å². The van der Waals surface area contributed by atoms with E-state index in [9.17, 15) is 14.9 Å². The van der Waals surface area contributed by atoms with E-state index in [1.165, 1.54) is 72.9 Å². The predicted molar refractivity (Wildman–Crippen MR) is 141 cm³/mol. The Balaban J connectivity index is 1.26. The number of anilines is 1. The van der Waals surface area contributed by atoms with Crippen LogP contribution >= 0.6 is 11.3 Å². The summed E-state index contributed by atoms with van der Waals surface area (Å²) in [6.45, 7) is 2.65. The highest BCUT2D eigenvalue weighted by atomic mass is 32.1. The Kier molecular flexibility index (Phi) is 6.33. The van der Waals surface area contributed by atoms with Crippen LogP contribution in [0.25, 0.3) is 10.2 Å². The molecule has 3 aliphatic rings. The molecule has 1 saturated heterocycles. The van der Waals surface area contributed by atoms with Crippen LogP contribution in [0, 0.1) is 10.1 Å². The van der Waals surface area contributed by atoms with E-state index in [0.29, 0.717) is 24.6 Å². The minimum Gasteiger partial charge on any atom is -0.352 e. The molecule has 9 heteroatoms. The molecule has 0 atom stereocenters. The molecular weight excluding hydrogens is 474 g/mol. The smallest absolute Gasteiger partial charge is 0.269 e. The summed E-state index contributed by atoms with van der Waals surface area (Å²) in [6.07, 6.45) is 10.9. The van der Waals surface area contributed by atoms with Crippen molar-refractivity contribution in [2.24, 2.45) is 0 Å². The van der Waals surface area contributed by atoms with Gasteiger partial charge in [0.25, 0.3) is 11.6 Å². The summed E-state index contributed by atoms with van der Waals surface area (Å²) in [5.41, 5.74) is 1.94. The second-order valence-corrected chi connectivity index (χ2v) is 11.3. The summed E-state index contributed by atoms with van der Waals surface area (Å²) in [5.74, 6) is 2.46. The Morgan fingerprint density at radius 3 is 2.39 bits per heavy atom. The largest absolute Gasteiger partial charge is 0.352 e. The monoisotopic (exact) mass is 505 g/mol. The van der Waals surface area contributed by atoms with E-state index in [0.717, 1.165) is 42.4 Å². The average molecular weight is 506 g/mol. The minimum atomic E-state index is -0.444. The van der Waals surface area contributed by atoms with E-state index in [2.05, 4.69) is 4.90 Å². The topological polar surface area (TPSA) is 92.5 Å². The van der Waals surface area contributed by atoms with Gasteiger partial charge in [0.2, 0.25) is 0 Å². The highest BCUT2D eigenvalue weighted by Crippen LogP contribution is 2.42. The molecule has 0 bridgehead atoms. The summed E-state index contributed by atoms with van der Waals surface area (Å²) >= 11 is 1.87. The summed E-state index contributed by atoms with van der Waals surface area (Å²) in [4.78, 5) is 40.8. The molecule has 8 nitrogen and oxygen atoms in total. The molecule has 1 amide bonds. The zero-order chi connectivity index (χ0) is 24.6. The molecule has 1 saturated carbocycles. The number of hydrogen-bond acceptors (Lipinski definition) is 7. The fourth-order valence-electron chi connectivity index (χ4n) is 5.96. The molecule has 2 aliphatic carbocycles. The Labute approximate surface area is 214 Å². The van der Waals surface area contributed by atoms with Gasteiger partial charge in [-0.25, -0.2) is 9.97 Å². The number of carbonyl (C=O) groups is 1. The third-order valence-electron chi connectivity index (χ3n) is 7.97. The van der Waals surface area contributed by atoms with Crippen molar-refractivity contribution in [2.45, 2.75) is 63.7 Å². The highest BCUT2D eigenvalue weighted by Gasteiger charge is 2.29. The van der Waals surface area contributed by atoms with E-state index in [-0.39, 0.29) is 11.6 Å². The number of nitro groups is 1. The van der Waals surface area contributed by atoms with Gasteiger partial charge in [-0.15, -0.1) is 11.3 Å². The quantitative estimate of drug-likeness (QED) is 0.344. The van der Waals surface area contributed by atoms with Crippen molar-refractivity contribution >= 4 is 39.0 Å². The van der Waals surface area contributed by atoms with Gasteiger partial charge in [0.05, 0.1) is 10.3 Å². The van der Waals surface area contributed by atoms with Crippen molar-refractivity contribution in [1.82, 2.24) is 14.9 Å². The lowest BCUT2D eigenvalue weighted by molar-refractivity contribution is -0.384. The van der Waals surface area contributed by atoms with Crippen molar-refractivity contribution < 1.29 is 9.72 Å². The number of hydrogen-bond donors (Lipinski definition) is 0. The molecule has 0 radical (unpaired) electrons. The van der Waals surface area contributed by atoms with Crippen LogP contribution in [-0.2, 0) is 12.8 Å². The zero-order valence-corrected chi connectivity index (χ0v) is 21.3. The number of aromatic nitrogens is 2. The van der Waals surface area contributed by atoms with Crippen LogP contribution in [0.1, 0.15) is 77.5 Å². The first-order valence-electron chi connectivity index (χ1n) is 13.2. The summed E-state index contributed by atoms with van der Waals surface area (Å²) < 4.78 is 0. The number of nitro benzene ring substituents is 1. The third-order valence-corrected chi connectivity index (χ3v) is 9.16. The molecule has 6 rings (SSSR count). The Bertz CT molecular complexity index is 1290. The molecule has 1 aromatic carbocycles. The summed E-state index contributed by atoms with van der Waals surface area (Å²) in [7, 11) is 0. The van der Waals surface area contributed by atoms with Crippen LogP contribution < -0.4 is 4.90 Å². The van der Waals surface area contributed by atoms with Gasteiger partial charge in [-0.2, -0.15) is 0 Å². The molecule has 2 fully saturated rings. The number of non-ortho nitro benzene ring substituents is 1. The average Bonchev–Trinajstić information content (AvgIpc) is 3.31. The fourth-order valence-corrected chi connectivity index (χ4v) is 7.22. The number of fused-ring (bicyclic) bond motifs is 3. The van der Waals surface area contributed by atoms with Crippen molar-refractivity contribution in [3.63, 3.8) is 0 Å². The standard InChI is InChI=1S/C27H31N5O3S/c33-27(19-10-12-20(13-11-19)32(34)35)31-16-14-30(15-17-31)25-23-21-8-4-5-9-22(21)36-26(23)29-24(28-25)18-6-2-1-3-7-18/h10-13,18H,1-9,14-17H2. The van der Waals surface area contributed by atoms with Gasteiger partial charge in [-0.3, -0.25) is 14.9 Å². The molecule has 0 spiro atoms. The number of rotatable bonds is 4. The number of benzene rings is 1. The maximum atomic E-state index is 13.1. The van der Waals surface area contributed by atoms with Crippen LogP contribution in [0.2, 0.25) is 0 Å². The zero-order valence-electron chi connectivity index (χ0n) is 20.4. The molecule has 3 heterocycles. The molecule has 0 N–H and O–H groups in total. The van der Waals surface area contributed by atoms with Crippen LogP contribution in [0.4, 0.5) is 11.5 Å². The van der Waals surface area contributed by atoms with Gasteiger partial charge < -0.3 is 9.80 Å². The van der Waals surface area contributed by atoms with Crippen molar-refractivity contribution in [3.8, 4) is 0 Å². The van der Waals surface area contributed by atoms with E-state index >= 15 is 0 Å². The fraction of sp³-hybridized carbons (Fsp3) is 0.519. The number of carbonyl (C=O) groups excluding carboxylic acids is 1. The minimum absolute atomic E-state index is 0.00277. The molecule has 36 heavy (non-hydrogen) atoms. The molecule has 0 unspecified atom stereocenters. The first-order valence-corrected chi connectivity index (χ1v) is 14.0. The number of thiophene rings is 1. The van der Waals surface area contributed by atoms with Crippen molar-refractivity contribution in [3.05, 3.63) is 56.2 Å². The number of amides is 1. The first kappa shape index (κ1) is 23.3. The lowest BCUT2D eigenvalue weighted by Crippen LogP contribution is -2.49. The number of piperazine rings is 1. The molecule has 2 aromatic heterocycles.